The number of aryl methyl sites for hydroxylation is 3. The number of H-pyrrole nitrogens is 1. The van der Waals surface area contributed by atoms with E-state index in [0.29, 0.717) is 17.1 Å². The van der Waals surface area contributed by atoms with E-state index in [4.69, 9.17) is 9.15 Å². The van der Waals surface area contributed by atoms with E-state index in [0.717, 1.165) is 43.6 Å². The van der Waals surface area contributed by atoms with Gasteiger partial charge >= 0.3 is 6.18 Å². The quantitative estimate of drug-likeness (QED) is 0.247. The topological polar surface area (TPSA) is 63.9 Å². The Balaban J connectivity index is 1.25. The highest BCUT2D eigenvalue weighted by Crippen LogP contribution is 2.29. The lowest BCUT2D eigenvalue weighted by atomic mass is 10.0. The third-order valence-corrected chi connectivity index (χ3v) is 5.64. The van der Waals surface area contributed by atoms with Crippen molar-refractivity contribution < 1.29 is 22.3 Å². The van der Waals surface area contributed by atoms with Gasteiger partial charge in [-0.05, 0) is 85.2 Å². The van der Waals surface area contributed by atoms with Gasteiger partial charge in [0.15, 0.2) is 0 Å². The largest absolute Gasteiger partial charge is 0.487 e. The molecule has 2 heterocycles. The lowest BCUT2D eigenvalue weighted by Gasteiger charge is -2.09. The van der Waals surface area contributed by atoms with Crippen molar-refractivity contribution >= 4 is 12.2 Å². The number of benzene rings is 2. The number of unbranched alkanes of at least 4 members (excludes halogenated alkanes) is 1. The molecule has 0 fully saturated rings. The van der Waals surface area contributed by atoms with Crippen molar-refractivity contribution in [3.05, 3.63) is 101 Å². The number of ether oxygens (including phenoxy) is 1. The Labute approximate surface area is 201 Å². The molecule has 0 aliphatic carbocycles. The fourth-order valence-electron chi connectivity index (χ4n) is 3.67. The van der Waals surface area contributed by atoms with Gasteiger partial charge in [0.25, 0.3) is 0 Å². The molecule has 0 aliphatic heterocycles. The molecule has 0 unspecified atom stereocenters. The summed E-state index contributed by atoms with van der Waals surface area (Å²) in [5.74, 6) is 1.11. The van der Waals surface area contributed by atoms with E-state index in [1.165, 1.54) is 35.1 Å². The zero-order valence-electron chi connectivity index (χ0n) is 19.3. The zero-order chi connectivity index (χ0) is 24.7. The summed E-state index contributed by atoms with van der Waals surface area (Å²) in [6, 6.07) is 11.0. The molecular weight excluding hydrogens is 455 g/mol. The second-order valence-electron chi connectivity index (χ2n) is 8.32. The van der Waals surface area contributed by atoms with Gasteiger partial charge in [-0.2, -0.15) is 18.3 Å². The number of nitrogens with one attached hydrogen (secondary N) is 1. The molecule has 0 saturated carbocycles. The molecule has 5 nitrogen and oxygen atoms in total. The Bertz CT molecular complexity index is 1240. The van der Waals surface area contributed by atoms with Crippen LogP contribution in [0, 0.1) is 6.92 Å². The number of halogens is 3. The summed E-state index contributed by atoms with van der Waals surface area (Å²) in [4.78, 5) is 4.34. The first-order valence-corrected chi connectivity index (χ1v) is 11.4. The minimum Gasteiger partial charge on any atom is -0.487 e. The summed E-state index contributed by atoms with van der Waals surface area (Å²) in [6.45, 7) is 2.33. The van der Waals surface area contributed by atoms with Crippen molar-refractivity contribution in [2.75, 3.05) is 0 Å². The molecule has 0 radical (unpaired) electrons. The molecule has 4 rings (SSSR count). The maximum absolute atomic E-state index is 12.7. The van der Waals surface area contributed by atoms with Crippen LogP contribution in [0.15, 0.2) is 65.5 Å². The van der Waals surface area contributed by atoms with Crippen LogP contribution in [0.25, 0.3) is 12.2 Å². The van der Waals surface area contributed by atoms with E-state index in [1.54, 1.807) is 12.2 Å². The first-order chi connectivity index (χ1) is 16.9. The highest BCUT2D eigenvalue weighted by Gasteiger charge is 2.29. The van der Waals surface area contributed by atoms with E-state index >= 15 is 0 Å². The van der Waals surface area contributed by atoms with Gasteiger partial charge in [-0.1, -0.05) is 18.2 Å². The maximum Gasteiger partial charge on any atom is 0.416 e. The highest BCUT2D eigenvalue weighted by molar-refractivity contribution is 5.66. The van der Waals surface area contributed by atoms with Crippen molar-refractivity contribution in [3.63, 3.8) is 0 Å². The molecule has 2 aromatic carbocycles. The van der Waals surface area contributed by atoms with Gasteiger partial charge < -0.3 is 9.15 Å². The second kappa shape index (κ2) is 11.1. The molecule has 0 spiro atoms. The van der Waals surface area contributed by atoms with E-state index in [9.17, 15) is 13.2 Å². The number of rotatable bonds is 10. The molecule has 35 heavy (non-hydrogen) atoms. The number of hydrogen-bond donors (Lipinski definition) is 1. The fraction of sp³-hybridized carbons (Fsp3) is 0.259. The standard InChI is InChI=1S/C27H26F3N3O2/c1-19-14-25(12-9-22(19)5-3-2-4-21-15-31-32-16-21)34-17-24-18-35-26(33-24)13-8-20-6-10-23(11-7-20)27(28,29)30/h6-16,18H,2-5,17H2,1H3,(H,31,32)/b13-8+. The molecule has 2 aromatic heterocycles. The molecule has 4 aromatic rings. The Hall–Kier alpha value is -3.81. The summed E-state index contributed by atoms with van der Waals surface area (Å²) in [5.41, 5.74) is 4.28. The third-order valence-electron chi connectivity index (χ3n) is 5.64. The molecule has 0 amide bonds. The molecular formula is C27H26F3N3O2. The van der Waals surface area contributed by atoms with Gasteiger partial charge in [0.05, 0.1) is 11.8 Å². The average Bonchev–Trinajstić information content (AvgIpc) is 3.52. The number of aromatic nitrogens is 3. The summed E-state index contributed by atoms with van der Waals surface area (Å²) >= 11 is 0. The van der Waals surface area contributed by atoms with Crippen molar-refractivity contribution in [1.29, 1.82) is 0 Å². The predicted octanol–water partition coefficient (Wildman–Crippen LogP) is 7.04. The van der Waals surface area contributed by atoms with E-state index < -0.39 is 11.7 Å². The van der Waals surface area contributed by atoms with Crippen LogP contribution in [0.1, 0.15) is 52.2 Å². The van der Waals surface area contributed by atoms with Gasteiger partial charge in [-0.3, -0.25) is 5.10 Å². The lowest BCUT2D eigenvalue weighted by Crippen LogP contribution is -2.03. The number of aromatic amines is 1. The van der Waals surface area contributed by atoms with Crippen LogP contribution in [0.3, 0.4) is 0 Å². The van der Waals surface area contributed by atoms with Crippen LogP contribution in [-0.2, 0) is 25.6 Å². The van der Waals surface area contributed by atoms with Crippen molar-refractivity contribution in [2.45, 2.75) is 45.4 Å². The molecule has 0 atom stereocenters. The minimum atomic E-state index is -4.35. The SMILES string of the molecule is Cc1cc(OCc2coc(/C=C/c3ccc(C(F)(F)F)cc3)n2)ccc1CCCCc1cn[nH]c1. The van der Waals surface area contributed by atoms with E-state index in [1.807, 2.05) is 24.5 Å². The first kappa shape index (κ1) is 24.3. The molecule has 0 saturated heterocycles. The second-order valence-corrected chi connectivity index (χ2v) is 8.32. The van der Waals surface area contributed by atoms with Crippen LogP contribution in [-0.4, -0.2) is 15.2 Å². The molecule has 1 N–H and O–H groups in total. The number of oxazole rings is 1. The van der Waals surface area contributed by atoms with Crippen LogP contribution >= 0.6 is 0 Å². The number of alkyl halides is 3. The highest BCUT2D eigenvalue weighted by atomic mass is 19.4. The van der Waals surface area contributed by atoms with Gasteiger partial charge in [0.1, 0.15) is 24.3 Å². The first-order valence-electron chi connectivity index (χ1n) is 11.4. The van der Waals surface area contributed by atoms with Gasteiger partial charge in [0.2, 0.25) is 5.89 Å². The van der Waals surface area contributed by atoms with Crippen molar-refractivity contribution in [1.82, 2.24) is 15.2 Å². The maximum atomic E-state index is 12.7. The Morgan fingerprint density at radius 1 is 1.03 bits per heavy atom. The summed E-state index contributed by atoms with van der Waals surface area (Å²) < 4.78 is 49.3. The van der Waals surface area contributed by atoms with E-state index in [-0.39, 0.29) is 6.61 Å². The summed E-state index contributed by atoms with van der Waals surface area (Å²) in [5, 5.41) is 6.81. The summed E-state index contributed by atoms with van der Waals surface area (Å²) in [7, 11) is 0. The minimum absolute atomic E-state index is 0.251. The van der Waals surface area contributed by atoms with Crippen molar-refractivity contribution in [3.8, 4) is 5.75 Å². The Morgan fingerprint density at radius 3 is 2.54 bits per heavy atom. The molecule has 8 heteroatoms. The number of nitrogens with zero attached hydrogens (tertiary/aromatic N) is 2. The van der Waals surface area contributed by atoms with Crippen LogP contribution < -0.4 is 4.74 Å². The van der Waals surface area contributed by atoms with Crippen LogP contribution in [0.5, 0.6) is 5.75 Å². The predicted molar refractivity (Wildman–Crippen MR) is 128 cm³/mol. The van der Waals surface area contributed by atoms with Crippen LogP contribution in [0.2, 0.25) is 0 Å². The Kier molecular flexibility index (Phi) is 7.70. The zero-order valence-corrected chi connectivity index (χ0v) is 19.3. The molecule has 0 aliphatic rings. The lowest BCUT2D eigenvalue weighted by molar-refractivity contribution is -0.137. The third kappa shape index (κ3) is 7.09. The molecule has 0 bridgehead atoms. The Morgan fingerprint density at radius 2 is 1.83 bits per heavy atom. The normalized spacial score (nSPS) is 11.9. The number of hydrogen-bond acceptors (Lipinski definition) is 4. The summed E-state index contributed by atoms with van der Waals surface area (Å²) in [6.07, 6.45) is 8.47. The van der Waals surface area contributed by atoms with Gasteiger partial charge in [-0.15, -0.1) is 0 Å². The molecule has 182 valence electrons. The van der Waals surface area contributed by atoms with E-state index in [2.05, 4.69) is 28.2 Å². The van der Waals surface area contributed by atoms with Gasteiger partial charge in [-0.25, -0.2) is 4.98 Å². The fourth-order valence-corrected chi connectivity index (χ4v) is 3.67. The smallest absolute Gasteiger partial charge is 0.416 e. The monoisotopic (exact) mass is 481 g/mol. The van der Waals surface area contributed by atoms with Crippen LogP contribution in [0.4, 0.5) is 13.2 Å². The van der Waals surface area contributed by atoms with Crippen molar-refractivity contribution in [2.24, 2.45) is 0 Å². The van der Waals surface area contributed by atoms with Gasteiger partial charge in [0, 0.05) is 12.3 Å². The average molecular weight is 482 g/mol.